The summed E-state index contributed by atoms with van der Waals surface area (Å²) in [7, 11) is 2.44. The monoisotopic (exact) mass is 245 g/mol. The first-order valence-electron chi connectivity index (χ1n) is 5.01. The van der Waals surface area contributed by atoms with Crippen LogP contribution in [0, 0.1) is 11.3 Å². The SMILES string of the molecule is COC(=O)/C(C#N)=C/c1ccccc1C(=O)OC. The van der Waals surface area contributed by atoms with E-state index < -0.39 is 11.9 Å². The molecule has 18 heavy (non-hydrogen) atoms. The van der Waals surface area contributed by atoms with E-state index in [1.165, 1.54) is 20.3 Å². The highest BCUT2D eigenvalue weighted by Gasteiger charge is 2.13. The number of nitrogens with zero attached hydrogens (tertiary/aromatic N) is 1. The Kier molecular flexibility index (Phi) is 4.64. The number of esters is 2. The van der Waals surface area contributed by atoms with Crippen LogP contribution in [0.3, 0.4) is 0 Å². The van der Waals surface area contributed by atoms with Gasteiger partial charge in [0.15, 0.2) is 0 Å². The summed E-state index contributed by atoms with van der Waals surface area (Å²) >= 11 is 0. The van der Waals surface area contributed by atoms with Crippen LogP contribution >= 0.6 is 0 Å². The minimum Gasteiger partial charge on any atom is -0.465 e. The third-order valence-corrected chi connectivity index (χ3v) is 2.19. The van der Waals surface area contributed by atoms with Gasteiger partial charge in [0.05, 0.1) is 19.8 Å². The second-order valence-corrected chi connectivity index (χ2v) is 3.24. The molecule has 0 fully saturated rings. The molecule has 0 unspecified atom stereocenters. The third-order valence-electron chi connectivity index (χ3n) is 2.19. The fourth-order valence-corrected chi connectivity index (χ4v) is 1.32. The maximum Gasteiger partial charge on any atom is 0.348 e. The van der Waals surface area contributed by atoms with E-state index >= 15 is 0 Å². The van der Waals surface area contributed by atoms with E-state index in [9.17, 15) is 9.59 Å². The molecule has 0 spiro atoms. The molecule has 1 rings (SSSR count). The smallest absolute Gasteiger partial charge is 0.348 e. The Morgan fingerprint density at radius 3 is 2.44 bits per heavy atom. The van der Waals surface area contributed by atoms with E-state index in [2.05, 4.69) is 9.47 Å². The van der Waals surface area contributed by atoms with Crippen molar-refractivity contribution in [2.24, 2.45) is 0 Å². The molecule has 5 heteroatoms. The number of carbonyl (C=O) groups excluding carboxylic acids is 2. The molecule has 1 aromatic rings. The molecule has 0 atom stereocenters. The van der Waals surface area contributed by atoms with Gasteiger partial charge in [-0.3, -0.25) is 0 Å². The maximum atomic E-state index is 11.5. The summed E-state index contributed by atoms with van der Waals surface area (Å²) in [4.78, 5) is 22.8. The van der Waals surface area contributed by atoms with Gasteiger partial charge >= 0.3 is 11.9 Å². The largest absolute Gasteiger partial charge is 0.465 e. The van der Waals surface area contributed by atoms with E-state index in [0.717, 1.165) is 0 Å². The molecular formula is C13H11NO4. The minimum absolute atomic E-state index is 0.186. The lowest BCUT2D eigenvalue weighted by Gasteiger charge is -2.04. The number of hydrogen-bond acceptors (Lipinski definition) is 5. The zero-order valence-electron chi connectivity index (χ0n) is 9.97. The number of hydrogen-bond donors (Lipinski definition) is 0. The first-order chi connectivity index (χ1) is 8.63. The Bertz CT molecular complexity index is 540. The van der Waals surface area contributed by atoms with Crippen LogP contribution in [0.5, 0.6) is 0 Å². The zero-order valence-corrected chi connectivity index (χ0v) is 9.97. The summed E-state index contributed by atoms with van der Waals surface area (Å²) in [6, 6.07) is 8.21. The van der Waals surface area contributed by atoms with Crippen molar-refractivity contribution < 1.29 is 19.1 Å². The summed E-state index contributed by atoms with van der Waals surface area (Å²) in [5, 5.41) is 8.84. The van der Waals surface area contributed by atoms with E-state index in [1.807, 2.05) is 0 Å². The van der Waals surface area contributed by atoms with E-state index in [0.29, 0.717) is 5.56 Å². The standard InChI is InChI=1S/C13H11NO4/c1-17-12(15)10(8-14)7-9-5-3-4-6-11(9)13(16)18-2/h3-7H,1-2H3/b10-7+. The van der Waals surface area contributed by atoms with Gasteiger partial charge in [-0.15, -0.1) is 0 Å². The molecule has 0 aliphatic heterocycles. The van der Waals surface area contributed by atoms with Crippen molar-refractivity contribution in [3.05, 3.63) is 41.0 Å². The molecule has 0 N–H and O–H groups in total. The van der Waals surface area contributed by atoms with Crippen LogP contribution in [0.15, 0.2) is 29.8 Å². The maximum absolute atomic E-state index is 11.5. The summed E-state index contributed by atoms with van der Waals surface area (Å²) < 4.78 is 9.07. The molecule has 0 saturated heterocycles. The van der Waals surface area contributed by atoms with Crippen molar-refractivity contribution in [1.82, 2.24) is 0 Å². The Labute approximate surface area is 104 Å². The number of carbonyl (C=O) groups is 2. The van der Waals surface area contributed by atoms with Crippen molar-refractivity contribution in [2.45, 2.75) is 0 Å². The van der Waals surface area contributed by atoms with Crippen molar-refractivity contribution >= 4 is 18.0 Å². The zero-order chi connectivity index (χ0) is 13.5. The molecule has 0 amide bonds. The summed E-state index contributed by atoms with van der Waals surface area (Å²) in [5.74, 6) is -1.29. The van der Waals surface area contributed by atoms with Gasteiger partial charge in [-0.05, 0) is 17.7 Å². The lowest BCUT2D eigenvalue weighted by Crippen LogP contribution is -2.06. The van der Waals surface area contributed by atoms with Gasteiger partial charge in [-0.2, -0.15) is 5.26 Å². The molecule has 0 radical (unpaired) electrons. The van der Waals surface area contributed by atoms with Crippen LogP contribution in [-0.2, 0) is 14.3 Å². The van der Waals surface area contributed by atoms with Crippen LogP contribution in [-0.4, -0.2) is 26.2 Å². The minimum atomic E-state index is -0.753. The first-order valence-corrected chi connectivity index (χ1v) is 5.01. The number of nitriles is 1. The van der Waals surface area contributed by atoms with Crippen LogP contribution in [0.25, 0.3) is 6.08 Å². The molecule has 0 aliphatic carbocycles. The lowest BCUT2D eigenvalue weighted by atomic mass is 10.0. The van der Waals surface area contributed by atoms with Crippen molar-refractivity contribution in [3.63, 3.8) is 0 Å². The third kappa shape index (κ3) is 2.95. The van der Waals surface area contributed by atoms with Crippen molar-refractivity contribution in [2.75, 3.05) is 14.2 Å². The number of methoxy groups -OCH3 is 2. The predicted molar refractivity (Wildman–Crippen MR) is 63.4 cm³/mol. The summed E-state index contributed by atoms with van der Waals surface area (Å²) in [6.07, 6.45) is 1.29. The highest BCUT2D eigenvalue weighted by Crippen LogP contribution is 2.14. The average molecular weight is 245 g/mol. The van der Waals surface area contributed by atoms with Gasteiger partial charge in [0, 0.05) is 0 Å². The molecule has 5 nitrogen and oxygen atoms in total. The molecule has 92 valence electrons. The van der Waals surface area contributed by atoms with Gasteiger partial charge in [0.25, 0.3) is 0 Å². The topological polar surface area (TPSA) is 76.4 Å². The summed E-state index contributed by atoms with van der Waals surface area (Å²) in [5.41, 5.74) is 0.511. The molecular weight excluding hydrogens is 234 g/mol. The quantitative estimate of drug-likeness (QED) is 0.458. The molecule has 0 heterocycles. The molecule has 0 bridgehead atoms. The van der Waals surface area contributed by atoms with Gasteiger partial charge in [-0.1, -0.05) is 18.2 Å². The van der Waals surface area contributed by atoms with E-state index in [4.69, 9.17) is 5.26 Å². The predicted octanol–water partition coefficient (Wildman–Crippen LogP) is 1.55. The first kappa shape index (κ1) is 13.5. The highest BCUT2D eigenvalue weighted by molar-refractivity contribution is 6.00. The molecule has 1 aromatic carbocycles. The second kappa shape index (κ2) is 6.21. The lowest BCUT2D eigenvalue weighted by molar-refractivity contribution is -0.135. The Morgan fingerprint density at radius 2 is 1.89 bits per heavy atom. The van der Waals surface area contributed by atoms with Gasteiger partial charge in [0.2, 0.25) is 0 Å². The normalized spacial score (nSPS) is 10.4. The van der Waals surface area contributed by atoms with E-state index in [-0.39, 0.29) is 11.1 Å². The highest BCUT2D eigenvalue weighted by atomic mass is 16.5. The van der Waals surface area contributed by atoms with E-state index in [1.54, 1.807) is 30.3 Å². The summed E-state index contributed by atoms with van der Waals surface area (Å²) in [6.45, 7) is 0. The number of benzene rings is 1. The van der Waals surface area contributed by atoms with Gasteiger partial charge < -0.3 is 9.47 Å². The Morgan fingerprint density at radius 1 is 1.22 bits per heavy atom. The fraction of sp³-hybridized carbons (Fsp3) is 0.154. The number of rotatable bonds is 3. The average Bonchev–Trinajstić information content (AvgIpc) is 2.43. The van der Waals surface area contributed by atoms with Crippen LogP contribution < -0.4 is 0 Å². The molecule has 0 aromatic heterocycles. The molecule has 0 saturated carbocycles. The Hall–Kier alpha value is -2.61. The number of ether oxygens (including phenoxy) is 2. The van der Waals surface area contributed by atoms with Gasteiger partial charge in [-0.25, -0.2) is 9.59 Å². The van der Waals surface area contributed by atoms with Crippen LogP contribution in [0.1, 0.15) is 15.9 Å². The molecule has 0 aliphatic rings. The van der Waals surface area contributed by atoms with Crippen molar-refractivity contribution in [1.29, 1.82) is 5.26 Å². The Balaban J connectivity index is 3.26. The van der Waals surface area contributed by atoms with Crippen molar-refractivity contribution in [3.8, 4) is 6.07 Å². The van der Waals surface area contributed by atoms with Crippen LogP contribution in [0.4, 0.5) is 0 Å². The fourth-order valence-electron chi connectivity index (χ4n) is 1.32. The van der Waals surface area contributed by atoms with Gasteiger partial charge in [0.1, 0.15) is 11.6 Å². The van der Waals surface area contributed by atoms with Crippen LogP contribution in [0.2, 0.25) is 0 Å². The second-order valence-electron chi connectivity index (χ2n) is 3.24.